The van der Waals surface area contributed by atoms with Crippen molar-refractivity contribution in [2.24, 2.45) is 21.1 Å². The highest BCUT2D eigenvalue weighted by Crippen LogP contribution is 2.28. The molecule has 4 aromatic heterocycles. The lowest BCUT2D eigenvalue weighted by Gasteiger charge is -2.08. The monoisotopic (exact) mass is 746 g/mol. The molecule has 0 bridgehead atoms. The third-order valence-electron chi connectivity index (χ3n) is 9.22. The number of rotatable bonds is 8. The second-order valence-corrected chi connectivity index (χ2v) is 13.0. The predicted octanol–water partition coefficient (Wildman–Crippen LogP) is 9.42. The van der Waals surface area contributed by atoms with Gasteiger partial charge in [-0.05, 0) is 74.2 Å². The minimum Gasteiger partial charge on any atom is -0.496 e. The summed E-state index contributed by atoms with van der Waals surface area (Å²) in [6.07, 6.45) is 16.6. The molecule has 0 N–H and O–H groups in total. The smallest absolute Gasteiger partial charge is 0.219 e. The molecular weight excluding hydrogens is 685 g/mol. The third-order valence-corrected chi connectivity index (χ3v) is 9.22. The van der Waals surface area contributed by atoms with Gasteiger partial charge in [0.2, 0.25) is 5.88 Å². The zero-order valence-corrected chi connectivity index (χ0v) is 35.2. The Hall–Kier alpha value is -5.64. The van der Waals surface area contributed by atoms with Gasteiger partial charge >= 0.3 is 0 Å². The van der Waals surface area contributed by atoms with E-state index in [-0.39, 0.29) is 0 Å². The molecule has 55 heavy (non-hydrogen) atoms. The van der Waals surface area contributed by atoms with Crippen molar-refractivity contribution >= 4 is 10.8 Å². The minimum atomic E-state index is 0.842. The number of imidazole rings is 2. The molecule has 3 aromatic carbocycles. The Morgan fingerprint density at radius 1 is 0.691 bits per heavy atom. The van der Waals surface area contributed by atoms with E-state index in [1.807, 2.05) is 96.0 Å². The van der Waals surface area contributed by atoms with E-state index in [4.69, 9.17) is 9.47 Å². The maximum Gasteiger partial charge on any atom is 0.219 e. The number of nitrogens with zero attached hydrogens (tertiary/aromatic N) is 8. The molecule has 0 fully saturated rings. The molecule has 0 atom stereocenters. The second-order valence-electron chi connectivity index (χ2n) is 13.0. The molecule has 4 heterocycles. The van der Waals surface area contributed by atoms with Crippen molar-refractivity contribution in [2.75, 3.05) is 14.2 Å². The Balaban J connectivity index is 0.000000192. The first-order valence-electron chi connectivity index (χ1n) is 19.2. The summed E-state index contributed by atoms with van der Waals surface area (Å²) in [7, 11) is 9.35. The SMILES string of the molecule is CCc1c(C)nn(-c2ccc(C)cc2)c1OC.CCc1ccc(OC)c2ccccc12.CCc1cncn1C.CCc1cnn(C)c1.CCc1nccn1C. The molecule has 10 nitrogen and oxygen atoms in total. The number of fused-ring (bicyclic) bond motifs is 1. The van der Waals surface area contributed by atoms with Gasteiger partial charge in [-0.1, -0.05) is 82.6 Å². The standard InChI is InChI=1S/C14H18N2O.C13H14O.3C6H10N2/c1-5-13-11(3)15-16(14(13)17-4)12-8-6-10(2)7-9-12;1-3-10-8-9-13(14-2)12-7-5-4-6-11(10)12;1-3-6-4-7-5-8(6)2;1-3-6-4-7-8(2)5-6;1-3-6-7-4-5-8(6)2/h6-9H,5H2,1-4H3;4-9H,3H2,1-2H3;3*4-5H,3H2,1-2H3. The average Bonchev–Trinajstić information content (AvgIpc) is 4.02. The number of methoxy groups -OCH3 is 2. The van der Waals surface area contributed by atoms with E-state index in [1.165, 1.54) is 38.7 Å². The maximum absolute atomic E-state index is 5.47. The van der Waals surface area contributed by atoms with Crippen molar-refractivity contribution < 1.29 is 9.47 Å². The topological polar surface area (TPSA) is 89.7 Å². The molecule has 294 valence electrons. The quantitative estimate of drug-likeness (QED) is 0.154. The number of aromatic nitrogens is 8. The van der Waals surface area contributed by atoms with Gasteiger partial charge in [0.15, 0.2) is 0 Å². The van der Waals surface area contributed by atoms with Crippen LogP contribution < -0.4 is 9.47 Å². The summed E-state index contributed by atoms with van der Waals surface area (Å²) in [6.45, 7) is 14.7. The number of hydrogen-bond donors (Lipinski definition) is 0. The van der Waals surface area contributed by atoms with Crippen molar-refractivity contribution in [3.05, 3.63) is 137 Å². The first kappa shape index (κ1) is 43.8. The summed E-state index contributed by atoms with van der Waals surface area (Å²) in [4.78, 5) is 8.05. The Bertz CT molecular complexity index is 2050. The van der Waals surface area contributed by atoms with Gasteiger partial charge in [0, 0.05) is 69.0 Å². The van der Waals surface area contributed by atoms with Crippen LogP contribution in [0, 0.1) is 13.8 Å². The Labute approximate surface area is 328 Å². The number of aryl methyl sites for hydroxylation is 9. The highest BCUT2D eigenvalue weighted by atomic mass is 16.5. The van der Waals surface area contributed by atoms with E-state index in [0.29, 0.717) is 0 Å². The van der Waals surface area contributed by atoms with Crippen molar-refractivity contribution in [3.63, 3.8) is 0 Å². The molecule has 0 radical (unpaired) electrons. The number of benzene rings is 3. The molecule has 0 saturated heterocycles. The van der Waals surface area contributed by atoms with Crippen molar-refractivity contribution in [1.82, 2.24) is 38.7 Å². The lowest BCUT2D eigenvalue weighted by molar-refractivity contribution is 0.379. The van der Waals surface area contributed by atoms with Gasteiger partial charge in [-0.15, -0.1) is 0 Å². The highest BCUT2D eigenvalue weighted by Gasteiger charge is 2.15. The van der Waals surface area contributed by atoms with Gasteiger partial charge in [-0.2, -0.15) is 10.2 Å². The molecule has 0 spiro atoms. The fourth-order valence-electron chi connectivity index (χ4n) is 5.95. The Morgan fingerprint density at radius 2 is 1.40 bits per heavy atom. The van der Waals surface area contributed by atoms with Gasteiger partial charge in [-0.3, -0.25) is 4.68 Å². The zero-order chi connectivity index (χ0) is 40.3. The largest absolute Gasteiger partial charge is 0.496 e. The van der Waals surface area contributed by atoms with Crippen molar-refractivity contribution in [2.45, 2.75) is 80.6 Å². The van der Waals surface area contributed by atoms with Crippen molar-refractivity contribution in [1.29, 1.82) is 0 Å². The maximum atomic E-state index is 5.47. The Kier molecular flexibility index (Phi) is 17.9. The van der Waals surface area contributed by atoms with E-state index in [1.54, 1.807) is 14.2 Å². The number of hydrogen-bond acceptors (Lipinski definition) is 6. The normalized spacial score (nSPS) is 10.2. The van der Waals surface area contributed by atoms with Gasteiger partial charge in [-0.25, -0.2) is 14.6 Å². The van der Waals surface area contributed by atoms with Gasteiger partial charge in [0.1, 0.15) is 11.6 Å². The predicted molar refractivity (Wildman–Crippen MR) is 227 cm³/mol. The molecular formula is C45H62N8O2. The first-order valence-corrected chi connectivity index (χ1v) is 19.2. The van der Waals surface area contributed by atoms with Gasteiger partial charge in [0.25, 0.3) is 0 Å². The molecule has 0 amide bonds. The fourth-order valence-corrected chi connectivity index (χ4v) is 5.95. The summed E-state index contributed by atoms with van der Waals surface area (Å²) in [5, 5.41) is 11.1. The van der Waals surface area contributed by atoms with Gasteiger partial charge < -0.3 is 18.6 Å². The molecule has 0 unspecified atom stereocenters. The van der Waals surface area contributed by atoms with Crippen LogP contribution in [0.2, 0.25) is 0 Å². The van der Waals surface area contributed by atoms with Crippen LogP contribution in [-0.4, -0.2) is 52.9 Å². The van der Waals surface area contributed by atoms with E-state index in [0.717, 1.165) is 60.9 Å². The van der Waals surface area contributed by atoms with Crippen LogP contribution in [0.1, 0.15) is 74.1 Å². The zero-order valence-electron chi connectivity index (χ0n) is 35.2. The molecule has 0 aliphatic carbocycles. The summed E-state index contributed by atoms with van der Waals surface area (Å²) in [6, 6.07) is 20.8. The van der Waals surface area contributed by atoms with E-state index in [2.05, 4.69) is 110 Å². The van der Waals surface area contributed by atoms with Crippen LogP contribution in [0.15, 0.2) is 98.0 Å². The first-order chi connectivity index (χ1) is 26.5. The molecule has 0 saturated carbocycles. The van der Waals surface area contributed by atoms with E-state index < -0.39 is 0 Å². The van der Waals surface area contributed by atoms with Crippen molar-refractivity contribution in [3.8, 4) is 17.3 Å². The second kappa shape index (κ2) is 22.5. The van der Waals surface area contributed by atoms with Crippen LogP contribution in [0.4, 0.5) is 0 Å². The van der Waals surface area contributed by atoms with Crippen LogP contribution >= 0.6 is 0 Å². The highest BCUT2D eigenvalue weighted by molar-refractivity contribution is 5.91. The molecule has 10 heteroatoms. The van der Waals surface area contributed by atoms with Crippen LogP contribution in [0.3, 0.4) is 0 Å². The summed E-state index contributed by atoms with van der Waals surface area (Å²) in [5.74, 6) is 2.94. The number of ether oxygens (including phenoxy) is 2. The average molecular weight is 747 g/mol. The summed E-state index contributed by atoms with van der Waals surface area (Å²) < 4.78 is 18.5. The summed E-state index contributed by atoms with van der Waals surface area (Å²) in [5.41, 5.74) is 8.44. The van der Waals surface area contributed by atoms with Gasteiger partial charge in [0.05, 0.1) is 38.1 Å². The Morgan fingerprint density at radius 3 is 1.84 bits per heavy atom. The van der Waals surface area contributed by atoms with Crippen LogP contribution in [0.25, 0.3) is 16.5 Å². The minimum absolute atomic E-state index is 0.842. The lowest BCUT2D eigenvalue weighted by atomic mass is 10.0. The van der Waals surface area contributed by atoms with Crippen LogP contribution in [-0.2, 0) is 53.2 Å². The van der Waals surface area contributed by atoms with E-state index in [9.17, 15) is 0 Å². The summed E-state index contributed by atoms with van der Waals surface area (Å²) >= 11 is 0. The van der Waals surface area contributed by atoms with Crippen LogP contribution in [0.5, 0.6) is 11.6 Å². The molecule has 0 aliphatic rings. The molecule has 0 aliphatic heterocycles. The lowest BCUT2D eigenvalue weighted by Crippen LogP contribution is -2.00. The molecule has 7 rings (SSSR count). The third kappa shape index (κ3) is 12.5. The molecule has 7 aromatic rings. The van der Waals surface area contributed by atoms with E-state index >= 15 is 0 Å². The fraction of sp³-hybridized carbons (Fsp3) is 0.378.